The topological polar surface area (TPSA) is 75.7 Å². The highest BCUT2D eigenvalue weighted by molar-refractivity contribution is 8.18. The SMILES string of the molecule is COc1cccc(/C=C2\SC(=O)N(Cc3ccc(C(=O)Nc4ccccc4C)cc3)C2=O)c1. The molecule has 1 fully saturated rings. The van der Waals surface area contributed by atoms with Crippen LogP contribution >= 0.6 is 11.8 Å². The Balaban J connectivity index is 1.44. The van der Waals surface area contributed by atoms with Crippen LogP contribution in [0.3, 0.4) is 0 Å². The zero-order valence-corrected chi connectivity index (χ0v) is 19.0. The first-order valence-corrected chi connectivity index (χ1v) is 11.1. The number of hydrogen-bond donors (Lipinski definition) is 1. The van der Waals surface area contributed by atoms with E-state index in [9.17, 15) is 14.4 Å². The van der Waals surface area contributed by atoms with E-state index >= 15 is 0 Å². The Kier molecular flexibility index (Phi) is 6.60. The monoisotopic (exact) mass is 458 g/mol. The van der Waals surface area contributed by atoms with Crippen LogP contribution in [0.5, 0.6) is 5.75 Å². The molecule has 3 aromatic carbocycles. The molecule has 7 heteroatoms. The van der Waals surface area contributed by atoms with Gasteiger partial charge in [0.15, 0.2) is 0 Å². The average molecular weight is 459 g/mol. The standard InChI is InChI=1S/C26H22N2O4S/c1-17-6-3-4-9-22(17)27-24(29)20-12-10-18(11-13-20)16-28-25(30)23(33-26(28)31)15-19-7-5-8-21(14-19)32-2/h3-15H,16H2,1-2H3,(H,27,29)/b23-15-. The van der Waals surface area contributed by atoms with Crippen LogP contribution in [0.1, 0.15) is 27.0 Å². The summed E-state index contributed by atoms with van der Waals surface area (Å²) in [6, 6.07) is 21.7. The first kappa shape index (κ1) is 22.4. The highest BCUT2D eigenvalue weighted by Crippen LogP contribution is 2.33. The van der Waals surface area contributed by atoms with Crippen LogP contribution in [0.2, 0.25) is 0 Å². The number of imide groups is 1. The molecule has 1 aliphatic heterocycles. The average Bonchev–Trinajstić information content (AvgIpc) is 3.08. The Labute approximate surface area is 196 Å². The summed E-state index contributed by atoms with van der Waals surface area (Å²) in [7, 11) is 1.57. The largest absolute Gasteiger partial charge is 0.497 e. The van der Waals surface area contributed by atoms with Crippen molar-refractivity contribution in [3.05, 3.63) is 100.0 Å². The molecule has 0 aromatic heterocycles. The normalized spacial score (nSPS) is 14.6. The molecule has 0 saturated carbocycles. The van der Waals surface area contributed by atoms with Crippen molar-refractivity contribution in [3.8, 4) is 5.75 Å². The van der Waals surface area contributed by atoms with Crippen LogP contribution < -0.4 is 10.1 Å². The molecule has 3 aromatic rings. The van der Waals surface area contributed by atoms with E-state index in [1.54, 1.807) is 43.5 Å². The molecule has 1 aliphatic rings. The number of methoxy groups -OCH3 is 1. The summed E-state index contributed by atoms with van der Waals surface area (Å²) in [5, 5.41) is 2.57. The summed E-state index contributed by atoms with van der Waals surface area (Å²) in [5.74, 6) is 0.118. The Bertz CT molecular complexity index is 1250. The van der Waals surface area contributed by atoms with Gasteiger partial charge in [0.1, 0.15) is 5.75 Å². The summed E-state index contributed by atoms with van der Waals surface area (Å²) in [4.78, 5) is 39.4. The number of ether oxygens (including phenoxy) is 1. The molecule has 6 nitrogen and oxygen atoms in total. The maximum atomic E-state index is 12.8. The molecule has 0 atom stereocenters. The van der Waals surface area contributed by atoms with Gasteiger partial charge in [0.2, 0.25) is 0 Å². The second-order valence-corrected chi connectivity index (χ2v) is 8.50. The van der Waals surface area contributed by atoms with Crippen LogP contribution in [0.4, 0.5) is 10.5 Å². The third-order valence-corrected chi connectivity index (χ3v) is 6.12. The van der Waals surface area contributed by atoms with Gasteiger partial charge in [-0.15, -0.1) is 0 Å². The van der Waals surface area contributed by atoms with Crippen molar-refractivity contribution in [2.45, 2.75) is 13.5 Å². The lowest BCUT2D eigenvalue weighted by molar-refractivity contribution is -0.123. The van der Waals surface area contributed by atoms with Gasteiger partial charge >= 0.3 is 0 Å². The second-order valence-electron chi connectivity index (χ2n) is 7.51. The fraction of sp³-hybridized carbons (Fsp3) is 0.115. The molecule has 0 aliphatic carbocycles. The predicted octanol–water partition coefficient (Wildman–Crippen LogP) is 5.49. The number of carbonyl (C=O) groups excluding carboxylic acids is 3. The summed E-state index contributed by atoms with van der Waals surface area (Å²) in [6.07, 6.45) is 1.69. The number of carbonyl (C=O) groups is 3. The number of rotatable bonds is 6. The van der Waals surface area contributed by atoms with Crippen molar-refractivity contribution >= 4 is 40.6 Å². The predicted molar refractivity (Wildman–Crippen MR) is 130 cm³/mol. The van der Waals surface area contributed by atoms with Gasteiger partial charge in [-0.2, -0.15) is 0 Å². The van der Waals surface area contributed by atoms with Crippen molar-refractivity contribution < 1.29 is 19.1 Å². The minimum atomic E-state index is -0.339. The van der Waals surface area contributed by atoms with E-state index in [4.69, 9.17) is 4.74 Å². The fourth-order valence-corrected chi connectivity index (χ4v) is 4.21. The Morgan fingerprint density at radius 2 is 1.79 bits per heavy atom. The van der Waals surface area contributed by atoms with Gasteiger partial charge in [-0.25, -0.2) is 0 Å². The molecule has 33 heavy (non-hydrogen) atoms. The summed E-state index contributed by atoms with van der Waals surface area (Å²) in [6.45, 7) is 2.07. The van der Waals surface area contributed by atoms with E-state index in [1.165, 1.54) is 4.90 Å². The first-order valence-electron chi connectivity index (χ1n) is 10.3. The first-order chi connectivity index (χ1) is 15.9. The molecule has 0 spiro atoms. The maximum absolute atomic E-state index is 12.8. The molecule has 0 bridgehead atoms. The summed E-state index contributed by atoms with van der Waals surface area (Å²) in [5.41, 5.74) is 3.77. The minimum Gasteiger partial charge on any atom is -0.497 e. The highest BCUT2D eigenvalue weighted by atomic mass is 32.2. The molecule has 4 rings (SSSR count). The summed E-state index contributed by atoms with van der Waals surface area (Å²) < 4.78 is 5.21. The van der Waals surface area contributed by atoms with Crippen molar-refractivity contribution in [3.63, 3.8) is 0 Å². The fourth-order valence-electron chi connectivity index (χ4n) is 3.37. The lowest BCUT2D eigenvalue weighted by Crippen LogP contribution is -2.27. The van der Waals surface area contributed by atoms with Crippen LogP contribution in [0, 0.1) is 6.92 Å². The zero-order chi connectivity index (χ0) is 23.4. The van der Waals surface area contributed by atoms with Gasteiger partial charge in [-0.05, 0) is 71.8 Å². The van der Waals surface area contributed by atoms with E-state index in [0.717, 1.165) is 34.1 Å². The Hall–Kier alpha value is -3.84. The molecule has 0 radical (unpaired) electrons. The van der Waals surface area contributed by atoms with Gasteiger partial charge in [0, 0.05) is 11.3 Å². The highest BCUT2D eigenvalue weighted by Gasteiger charge is 2.35. The quantitative estimate of drug-likeness (QED) is 0.494. The third kappa shape index (κ3) is 5.15. The number of nitrogens with one attached hydrogen (secondary N) is 1. The van der Waals surface area contributed by atoms with Crippen molar-refractivity contribution in [2.24, 2.45) is 0 Å². The molecule has 166 valence electrons. The van der Waals surface area contributed by atoms with Crippen LogP contribution in [-0.4, -0.2) is 29.1 Å². The van der Waals surface area contributed by atoms with E-state index in [-0.39, 0.29) is 23.6 Å². The molecule has 0 unspecified atom stereocenters. The van der Waals surface area contributed by atoms with Crippen LogP contribution in [0.15, 0.2) is 77.7 Å². The smallest absolute Gasteiger partial charge is 0.293 e. The number of amides is 3. The molecule has 3 amide bonds. The number of thioether (sulfide) groups is 1. The van der Waals surface area contributed by atoms with Gasteiger partial charge in [0.25, 0.3) is 17.1 Å². The number of hydrogen-bond acceptors (Lipinski definition) is 5. The van der Waals surface area contributed by atoms with Gasteiger partial charge in [-0.1, -0.05) is 42.5 Å². The number of para-hydroxylation sites is 1. The second kappa shape index (κ2) is 9.75. The molecule has 1 heterocycles. The van der Waals surface area contributed by atoms with Gasteiger partial charge < -0.3 is 10.1 Å². The summed E-state index contributed by atoms with van der Waals surface area (Å²) >= 11 is 0.914. The Morgan fingerprint density at radius 1 is 1.03 bits per heavy atom. The minimum absolute atomic E-state index is 0.139. The van der Waals surface area contributed by atoms with Gasteiger partial charge in [0.05, 0.1) is 18.6 Å². The third-order valence-electron chi connectivity index (χ3n) is 5.22. The number of aryl methyl sites for hydroxylation is 1. The lowest BCUT2D eigenvalue weighted by atomic mass is 10.1. The zero-order valence-electron chi connectivity index (χ0n) is 18.2. The van der Waals surface area contributed by atoms with E-state index in [0.29, 0.717) is 16.2 Å². The van der Waals surface area contributed by atoms with Crippen LogP contribution in [0.25, 0.3) is 6.08 Å². The van der Waals surface area contributed by atoms with Crippen molar-refractivity contribution in [1.29, 1.82) is 0 Å². The number of benzene rings is 3. The van der Waals surface area contributed by atoms with Crippen LogP contribution in [-0.2, 0) is 11.3 Å². The van der Waals surface area contributed by atoms with E-state index in [2.05, 4.69) is 5.32 Å². The van der Waals surface area contributed by atoms with E-state index < -0.39 is 0 Å². The maximum Gasteiger partial charge on any atom is 0.293 e. The number of nitrogens with zero attached hydrogens (tertiary/aromatic N) is 1. The molecular weight excluding hydrogens is 436 g/mol. The molecule has 1 N–H and O–H groups in total. The van der Waals surface area contributed by atoms with E-state index in [1.807, 2.05) is 49.4 Å². The van der Waals surface area contributed by atoms with Crippen molar-refractivity contribution in [1.82, 2.24) is 4.90 Å². The molecule has 1 saturated heterocycles. The van der Waals surface area contributed by atoms with Crippen molar-refractivity contribution in [2.75, 3.05) is 12.4 Å². The lowest BCUT2D eigenvalue weighted by Gasteiger charge is -2.13. The Morgan fingerprint density at radius 3 is 2.52 bits per heavy atom. The number of anilines is 1. The molecular formula is C26H22N2O4S. The van der Waals surface area contributed by atoms with Gasteiger partial charge in [-0.3, -0.25) is 19.3 Å².